The van der Waals surface area contributed by atoms with Crippen molar-refractivity contribution in [3.8, 4) is 11.6 Å². The van der Waals surface area contributed by atoms with Crippen LogP contribution in [0.25, 0.3) is 11.6 Å². The zero-order valence-electron chi connectivity index (χ0n) is 10.00. The second-order valence-corrected chi connectivity index (χ2v) is 5.85. The maximum Gasteiger partial charge on any atom is 0.250 e. The van der Waals surface area contributed by atoms with Crippen molar-refractivity contribution in [2.24, 2.45) is 0 Å². The van der Waals surface area contributed by atoms with Gasteiger partial charge in [-0.2, -0.15) is 4.98 Å². The van der Waals surface area contributed by atoms with Crippen LogP contribution in [-0.2, 0) is 4.79 Å². The summed E-state index contributed by atoms with van der Waals surface area (Å²) >= 11 is 4.89. The SMILES string of the molecule is CC(=O)N1CSC[C@@H]1c1nc(-c2ccc(Br)o2)no1. The van der Waals surface area contributed by atoms with Gasteiger partial charge in [-0.3, -0.25) is 4.79 Å². The van der Waals surface area contributed by atoms with Gasteiger partial charge in [0.15, 0.2) is 10.4 Å². The van der Waals surface area contributed by atoms with Gasteiger partial charge < -0.3 is 13.8 Å². The van der Waals surface area contributed by atoms with Crippen LogP contribution in [0, 0.1) is 0 Å². The average molecular weight is 344 g/mol. The molecule has 100 valence electrons. The Kier molecular flexibility index (Phi) is 3.36. The van der Waals surface area contributed by atoms with Gasteiger partial charge in [0.2, 0.25) is 11.7 Å². The van der Waals surface area contributed by atoms with E-state index in [0.717, 1.165) is 5.75 Å². The van der Waals surface area contributed by atoms with Crippen LogP contribution < -0.4 is 0 Å². The Morgan fingerprint density at radius 3 is 3.11 bits per heavy atom. The molecular weight excluding hydrogens is 334 g/mol. The quantitative estimate of drug-likeness (QED) is 0.834. The Balaban J connectivity index is 1.87. The van der Waals surface area contributed by atoms with E-state index in [1.54, 1.807) is 35.7 Å². The number of thioether (sulfide) groups is 1. The van der Waals surface area contributed by atoms with E-state index in [-0.39, 0.29) is 11.9 Å². The molecule has 0 saturated carbocycles. The van der Waals surface area contributed by atoms with Crippen molar-refractivity contribution in [2.75, 3.05) is 11.6 Å². The first-order valence-electron chi connectivity index (χ1n) is 5.59. The fourth-order valence-electron chi connectivity index (χ4n) is 1.86. The van der Waals surface area contributed by atoms with Crippen LogP contribution in [-0.4, -0.2) is 32.6 Å². The van der Waals surface area contributed by atoms with Gasteiger partial charge in [0.25, 0.3) is 5.89 Å². The van der Waals surface area contributed by atoms with Crippen LogP contribution in [0.2, 0.25) is 0 Å². The third kappa shape index (κ3) is 2.42. The molecule has 1 aliphatic heterocycles. The molecule has 1 fully saturated rings. The average Bonchev–Trinajstić information content (AvgIpc) is 3.07. The Labute approximate surface area is 121 Å². The van der Waals surface area contributed by atoms with E-state index in [4.69, 9.17) is 8.94 Å². The Morgan fingerprint density at radius 1 is 1.58 bits per heavy atom. The summed E-state index contributed by atoms with van der Waals surface area (Å²) in [5.41, 5.74) is 0. The second kappa shape index (κ2) is 5.01. The number of amides is 1. The third-order valence-corrected chi connectivity index (χ3v) is 4.25. The van der Waals surface area contributed by atoms with Crippen molar-refractivity contribution in [3.05, 3.63) is 22.7 Å². The van der Waals surface area contributed by atoms with Crippen LogP contribution in [0.15, 0.2) is 25.7 Å². The molecule has 0 N–H and O–H groups in total. The molecule has 1 saturated heterocycles. The normalized spacial score (nSPS) is 19.1. The van der Waals surface area contributed by atoms with E-state index in [1.165, 1.54) is 0 Å². The van der Waals surface area contributed by atoms with E-state index >= 15 is 0 Å². The van der Waals surface area contributed by atoms with E-state index in [9.17, 15) is 4.79 Å². The van der Waals surface area contributed by atoms with Gasteiger partial charge in [0.05, 0.1) is 5.88 Å². The largest absolute Gasteiger partial charge is 0.446 e. The molecule has 19 heavy (non-hydrogen) atoms. The number of nitrogens with zero attached hydrogens (tertiary/aromatic N) is 3. The van der Waals surface area contributed by atoms with Crippen molar-refractivity contribution >= 4 is 33.6 Å². The minimum Gasteiger partial charge on any atom is -0.446 e. The zero-order chi connectivity index (χ0) is 13.4. The number of aromatic nitrogens is 2. The lowest BCUT2D eigenvalue weighted by molar-refractivity contribution is -0.129. The number of carbonyl (C=O) groups is 1. The van der Waals surface area contributed by atoms with E-state index in [0.29, 0.717) is 28.0 Å². The van der Waals surface area contributed by atoms with Gasteiger partial charge in [-0.05, 0) is 28.1 Å². The molecule has 2 aromatic rings. The third-order valence-electron chi connectivity index (χ3n) is 2.81. The molecule has 2 aromatic heterocycles. The predicted molar refractivity (Wildman–Crippen MR) is 72.3 cm³/mol. The van der Waals surface area contributed by atoms with Gasteiger partial charge in [-0.15, -0.1) is 11.8 Å². The van der Waals surface area contributed by atoms with Gasteiger partial charge in [0, 0.05) is 12.7 Å². The Bertz CT molecular complexity index is 612. The highest BCUT2D eigenvalue weighted by Crippen LogP contribution is 2.33. The fourth-order valence-corrected chi connectivity index (χ4v) is 3.38. The van der Waals surface area contributed by atoms with Crippen LogP contribution in [0.1, 0.15) is 18.9 Å². The highest BCUT2D eigenvalue weighted by molar-refractivity contribution is 9.10. The molecule has 0 aromatic carbocycles. The molecule has 3 heterocycles. The van der Waals surface area contributed by atoms with E-state index < -0.39 is 0 Å². The van der Waals surface area contributed by atoms with Crippen molar-refractivity contribution in [1.29, 1.82) is 0 Å². The van der Waals surface area contributed by atoms with Gasteiger partial charge in [0.1, 0.15) is 6.04 Å². The maximum atomic E-state index is 11.5. The van der Waals surface area contributed by atoms with Crippen LogP contribution in [0.4, 0.5) is 0 Å². The first kappa shape index (κ1) is 12.7. The first-order valence-corrected chi connectivity index (χ1v) is 7.54. The molecule has 0 spiro atoms. The smallest absolute Gasteiger partial charge is 0.250 e. The molecule has 3 rings (SSSR count). The summed E-state index contributed by atoms with van der Waals surface area (Å²) in [4.78, 5) is 17.5. The molecule has 8 heteroatoms. The molecule has 1 amide bonds. The minimum atomic E-state index is -0.151. The second-order valence-electron chi connectivity index (χ2n) is 4.06. The summed E-state index contributed by atoms with van der Waals surface area (Å²) in [6, 6.07) is 3.37. The maximum absolute atomic E-state index is 11.5. The molecule has 0 radical (unpaired) electrons. The number of halogens is 1. The zero-order valence-corrected chi connectivity index (χ0v) is 12.4. The summed E-state index contributed by atoms with van der Waals surface area (Å²) in [5, 5.41) is 3.89. The molecular formula is C11H10BrN3O3S. The van der Waals surface area contributed by atoms with Crippen LogP contribution >= 0.6 is 27.7 Å². The standard InChI is InChI=1S/C11H10BrN3O3S/c1-6(16)15-5-19-4-7(15)11-13-10(14-18-11)8-2-3-9(12)17-8/h2-3,7H,4-5H2,1H3/t7-/m1/s1. The van der Waals surface area contributed by atoms with Crippen molar-refractivity contribution in [1.82, 2.24) is 15.0 Å². The summed E-state index contributed by atoms with van der Waals surface area (Å²) in [7, 11) is 0. The van der Waals surface area contributed by atoms with Crippen LogP contribution in [0.3, 0.4) is 0 Å². The Morgan fingerprint density at radius 2 is 2.42 bits per heavy atom. The monoisotopic (exact) mass is 343 g/mol. The molecule has 1 aliphatic rings. The predicted octanol–water partition coefficient (Wildman–Crippen LogP) is 2.69. The van der Waals surface area contributed by atoms with E-state index in [1.807, 2.05) is 0 Å². The first-order chi connectivity index (χ1) is 9.15. The van der Waals surface area contributed by atoms with E-state index in [2.05, 4.69) is 26.1 Å². The highest BCUT2D eigenvalue weighted by atomic mass is 79.9. The topological polar surface area (TPSA) is 72.4 Å². The number of hydrogen-bond acceptors (Lipinski definition) is 6. The molecule has 1 atom stereocenters. The lowest BCUT2D eigenvalue weighted by Crippen LogP contribution is -2.28. The van der Waals surface area contributed by atoms with Gasteiger partial charge in [-0.25, -0.2) is 0 Å². The molecule has 6 nitrogen and oxygen atoms in total. The fraction of sp³-hybridized carbons (Fsp3) is 0.364. The summed E-state index contributed by atoms with van der Waals surface area (Å²) in [6.45, 7) is 1.54. The number of hydrogen-bond donors (Lipinski definition) is 0. The lowest BCUT2D eigenvalue weighted by Gasteiger charge is -2.18. The van der Waals surface area contributed by atoms with Gasteiger partial charge in [-0.1, -0.05) is 5.16 Å². The van der Waals surface area contributed by atoms with Crippen molar-refractivity contribution < 1.29 is 13.7 Å². The summed E-state index contributed by atoms with van der Waals surface area (Å²) in [6.07, 6.45) is 0. The number of furan rings is 1. The molecule has 0 aliphatic carbocycles. The van der Waals surface area contributed by atoms with Crippen molar-refractivity contribution in [2.45, 2.75) is 13.0 Å². The van der Waals surface area contributed by atoms with Gasteiger partial charge >= 0.3 is 0 Å². The number of carbonyl (C=O) groups excluding carboxylic acids is 1. The molecule has 0 bridgehead atoms. The highest BCUT2D eigenvalue weighted by Gasteiger charge is 2.33. The minimum absolute atomic E-state index is 0.00972. The number of rotatable bonds is 2. The Hall–Kier alpha value is -1.28. The lowest BCUT2D eigenvalue weighted by atomic mass is 10.3. The molecule has 0 unspecified atom stereocenters. The van der Waals surface area contributed by atoms with Crippen LogP contribution in [0.5, 0.6) is 0 Å². The summed E-state index contributed by atoms with van der Waals surface area (Å²) in [5.74, 6) is 2.80. The summed E-state index contributed by atoms with van der Waals surface area (Å²) < 4.78 is 11.2. The van der Waals surface area contributed by atoms with Crippen molar-refractivity contribution in [3.63, 3.8) is 0 Å².